The first-order valence-corrected chi connectivity index (χ1v) is 5.53. The minimum atomic E-state index is -0.364. The highest BCUT2D eigenvalue weighted by Crippen LogP contribution is 2.56. The molecule has 3 N–H and O–H groups in total. The molecule has 4 heteroatoms. The van der Waals surface area contributed by atoms with E-state index in [9.17, 15) is 5.11 Å². The monoisotopic (exact) mass is 195 g/mol. The second-order valence-corrected chi connectivity index (χ2v) is 5.42. The van der Waals surface area contributed by atoms with E-state index < -0.39 is 0 Å². The zero-order chi connectivity index (χ0) is 9.76. The molecule has 4 aliphatic carbocycles. The van der Waals surface area contributed by atoms with Crippen molar-refractivity contribution in [2.75, 3.05) is 0 Å². The van der Waals surface area contributed by atoms with Crippen molar-refractivity contribution in [3.63, 3.8) is 0 Å². The van der Waals surface area contributed by atoms with Gasteiger partial charge < -0.3 is 10.9 Å². The standard InChI is InChI=1S/C10H17N3O/c11-13-12-9-7-1-6-2-8(9)5-10(14,3-6)4-7/h6-9,14H,1-5H2,(H2,11,12)/t6?,7?,8?,9-,10-. The highest BCUT2D eigenvalue weighted by atomic mass is 16.3. The Morgan fingerprint density at radius 1 is 1.14 bits per heavy atom. The summed E-state index contributed by atoms with van der Waals surface area (Å²) in [7, 11) is 0. The van der Waals surface area contributed by atoms with Crippen LogP contribution in [-0.4, -0.2) is 16.7 Å². The largest absolute Gasteiger partial charge is 0.390 e. The van der Waals surface area contributed by atoms with E-state index in [1.54, 1.807) is 0 Å². The molecule has 4 fully saturated rings. The van der Waals surface area contributed by atoms with Gasteiger partial charge in [-0.15, -0.1) is 0 Å². The van der Waals surface area contributed by atoms with E-state index in [0.717, 1.165) is 25.2 Å². The number of rotatable bonds is 1. The molecule has 0 radical (unpaired) electrons. The van der Waals surface area contributed by atoms with Crippen LogP contribution in [0, 0.1) is 17.8 Å². The highest BCUT2D eigenvalue weighted by molar-refractivity contribution is 5.07. The SMILES string of the molecule is NN=N[C@H]1C2CC3CC1C[C@](O)(C3)C2. The molecule has 78 valence electrons. The smallest absolute Gasteiger partial charge is 0.0788 e. The zero-order valence-corrected chi connectivity index (χ0v) is 8.26. The maximum absolute atomic E-state index is 10.3. The van der Waals surface area contributed by atoms with E-state index in [2.05, 4.69) is 10.3 Å². The van der Waals surface area contributed by atoms with Crippen LogP contribution in [0.25, 0.3) is 0 Å². The molecule has 4 saturated carbocycles. The first-order valence-electron chi connectivity index (χ1n) is 5.53. The lowest BCUT2D eigenvalue weighted by atomic mass is 9.52. The van der Waals surface area contributed by atoms with Gasteiger partial charge in [-0.05, 0) is 49.9 Å². The lowest BCUT2D eigenvalue weighted by Gasteiger charge is -2.56. The highest BCUT2D eigenvalue weighted by Gasteiger charge is 2.54. The number of aliphatic hydroxyl groups is 1. The number of hydrogen-bond acceptors (Lipinski definition) is 3. The molecule has 4 aliphatic rings. The van der Waals surface area contributed by atoms with Gasteiger partial charge in [0.25, 0.3) is 0 Å². The molecular formula is C10H17N3O. The Balaban J connectivity index is 1.89. The molecule has 2 unspecified atom stereocenters. The summed E-state index contributed by atoms with van der Waals surface area (Å²) in [4.78, 5) is 0. The van der Waals surface area contributed by atoms with Crippen molar-refractivity contribution in [3.05, 3.63) is 0 Å². The lowest BCUT2D eigenvalue weighted by molar-refractivity contribution is -0.133. The molecule has 0 aliphatic heterocycles. The van der Waals surface area contributed by atoms with Gasteiger partial charge in [-0.2, -0.15) is 5.11 Å². The summed E-state index contributed by atoms with van der Waals surface area (Å²) in [6, 6.07) is 0.303. The van der Waals surface area contributed by atoms with Crippen LogP contribution in [0.3, 0.4) is 0 Å². The molecule has 0 aromatic heterocycles. The summed E-state index contributed by atoms with van der Waals surface area (Å²) in [5.74, 6) is 6.96. The molecule has 4 nitrogen and oxygen atoms in total. The Hall–Kier alpha value is -0.640. The average Bonchev–Trinajstić information content (AvgIpc) is 2.08. The van der Waals surface area contributed by atoms with E-state index in [1.165, 1.54) is 12.8 Å². The van der Waals surface area contributed by atoms with Crippen molar-refractivity contribution in [2.24, 2.45) is 33.9 Å². The molecule has 2 atom stereocenters. The molecule has 0 aromatic rings. The summed E-state index contributed by atoms with van der Waals surface area (Å²) in [5.41, 5.74) is -0.364. The van der Waals surface area contributed by atoms with Crippen LogP contribution in [-0.2, 0) is 0 Å². The first-order chi connectivity index (χ1) is 6.70. The van der Waals surface area contributed by atoms with E-state index >= 15 is 0 Å². The van der Waals surface area contributed by atoms with Gasteiger partial charge in [0.15, 0.2) is 0 Å². The molecule has 4 rings (SSSR count). The van der Waals surface area contributed by atoms with Crippen molar-refractivity contribution in [1.82, 2.24) is 0 Å². The Bertz CT molecular complexity index is 263. The maximum Gasteiger partial charge on any atom is 0.0788 e. The van der Waals surface area contributed by atoms with Gasteiger partial charge in [0.05, 0.1) is 11.6 Å². The molecule has 4 bridgehead atoms. The van der Waals surface area contributed by atoms with Crippen molar-refractivity contribution < 1.29 is 5.11 Å². The Labute approximate surface area is 83.6 Å². The van der Waals surface area contributed by atoms with E-state index in [1.807, 2.05) is 0 Å². The lowest BCUT2D eigenvalue weighted by Crippen LogP contribution is -2.56. The zero-order valence-electron chi connectivity index (χ0n) is 8.26. The first kappa shape index (κ1) is 8.65. The van der Waals surface area contributed by atoms with Crippen LogP contribution in [0.1, 0.15) is 32.1 Å². The molecule has 14 heavy (non-hydrogen) atoms. The molecule has 0 saturated heterocycles. The molecular weight excluding hydrogens is 178 g/mol. The third kappa shape index (κ3) is 1.10. The van der Waals surface area contributed by atoms with E-state index in [4.69, 9.17) is 5.84 Å². The number of nitrogens with zero attached hydrogens (tertiary/aromatic N) is 2. The van der Waals surface area contributed by atoms with Crippen LogP contribution in [0.5, 0.6) is 0 Å². The summed E-state index contributed by atoms with van der Waals surface area (Å²) in [6.07, 6.45) is 5.31. The van der Waals surface area contributed by atoms with Crippen LogP contribution < -0.4 is 5.84 Å². The van der Waals surface area contributed by atoms with E-state index in [0.29, 0.717) is 17.9 Å². The van der Waals surface area contributed by atoms with Gasteiger partial charge in [0.1, 0.15) is 0 Å². The maximum atomic E-state index is 10.3. The Morgan fingerprint density at radius 2 is 1.79 bits per heavy atom. The van der Waals surface area contributed by atoms with Gasteiger partial charge >= 0.3 is 0 Å². The Morgan fingerprint density at radius 3 is 2.29 bits per heavy atom. The third-order valence-corrected chi connectivity index (χ3v) is 4.39. The van der Waals surface area contributed by atoms with Crippen LogP contribution >= 0.6 is 0 Å². The van der Waals surface area contributed by atoms with Crippen molar-refractivity contribution >= 4 is 0 Å². The number of hydrogen-bond donors (Lipinski definition) is 2. The summed E-state index contributed by atoms with van der Waals surface area (Å²) >= 11 is 0. The predicted octanol–water partition coefficient (Wildman–Crippen LogP) is 1.25. The minimum absolute atomic E-state index is 0.303. The fourth-order valence-corrected chi connectivity index (χ4v) is 4.22. The van der Waals surface area contributed by atoms with Gasteiger partial charge in [0, 0.05) is 0 Å². The van der Waals surface area contributed by atoms with Crippen molar-refractivity contribution in [1.29, 1.82) is 0 Å². The normalized spacial score (nSPS) is 55.8. The number of nitrogens with two attached hydrogens (primary N) is 1. The minimum Gasteiger partial charge on any atom is -0.390 e. The Kier molecular flexibility index (Phi) is 1.66. The van der Waals surface area contributed by atoms with Gasteiger partial charge in [0.2, 0.25) is 0 Å². The third-order valence-electron chi connectivity index (χ3n) is 4.39. The van der Waals surface area contributed by atoms with E-state index in [-0.39, 0.29) is 5.60 Å². The second-order valence-electron chi connectivity index (χ2n) is 5.42. The quantitative estimate of drug-likeness (QED) is 0.375. The topological polar surface area (TPSA) is 71.0 Å². The molecule has 0 amide bonds. The van der Waals surface area contributed by atoms with Crippen LogP contribution in [0.2, 0.25) is 0 Å². The van der Waals surface area contributed by atoms with Gasteiger partial charge in [-0.1, -0.05) is 5.22 Å². The summed E-state index contributed by atoms with van der Waals surface area (Å²) < 4.78 is 0. The molecule has 0 spiro atoms. The fourth-order valence-electron chi connectivity index (χ4n) is 4.22. The fraction of sp³-hybridized carbons (Fsp3) is 1.00. The predicted molar refractivity (Wildman–Crippen MR) is 51.3 cm³/mol. The second kappa shape index (κ2) is 2.69. The van der Waals surface area contributed by atoms with Crippen molar-refractivity contribution in [2.45, 2.75) is 43.7 Å². The van der Waals surface area contributed by atoms with Gasteiger partial charge in [-0.3, -0.25) is 0 Å². The van der Waals surface area contributed by atoms with Crippen LogP contribution in [0.15, 0.2) is 10.3 Å². The summed E-state index contributed by atoms with van der Waals surface area (Å²) in [5, 5.41) is 17.9. The molecule has 0 heterocycles. The average molecular weight is 195 g/mol. The summed E-state index contributed by atoms with van der Waals surface area (Å²) in [6.45, 7) is 0. The molecule has 0 aromatic carbocycles. The van der Waals surface area contributed by atoms with Crippen LogP contribution in [0.4, 0.5) is 0 Å². The van der Waals surface area contributed by atoms with Gasteiger partial charge in [-0.25, -0.2) is 0 Å². The van der Waals surface area contributed by atoms with Crippen molar-refractivity contribution in [3.8, 4) is 0 Å².